The number of carbonyl (C=O) groups excluding carboxylic acids is 2. The highest BCUT2D eigenvalue weighted by atomic mass is 16.2. The van der Waals surface area contributed by atoms with E-state index in [-0.39, 0.29) is 29.2 Å². The fourth-order valence-corrected chi connectivity index (χ4v) is 4.20. The van der Waals surface area contributed by atoms with Crippen molar-refractivity contribution in [3.8, 4) is 0 Å². The van der Waals surface area contributed by atoms with Crippen molar-refractivity contribution in [3.05, 3.63) is 58.5 Å². The highest BCUT2D eigenvalue weighted by Gasteiger charge is 2.28. The van der Waals surface area contributed by atoms with E-state index in [1.54, 1.807) is 16.9 Å². The second-order valence-corrected chi connectivity index (χ2v) is 8.58. The number of aromatic nitrogens is 4. The third-order valence-corrected chi connectivity index (χ3v) is 6.05. The van der Waals surface area contributed by atoms with Gasteiger partial charge in [-0.3, -0.25) is 19.1 Å². The summed E-state index contributed by atoms with van der Waals surface area (Å²) >= 11 is 0. The lowest BCUT2D eigenvalue weighted by molar-refractivity contribution is -0.132. The maximum Gasteiger partial charge on any atom is 0.272 e. The SMILES string of the molecule is CC(C)n1cc(C(=O)C2CCN(C(=O)CCCc3cn4cccc4c(=O)[nH]3)CC2)cn1. The lowest BCUT2D eigenvalue weighted by Crippen LogP contribution is -2.40. The van der Waals surface area contributed by atoms with Crippen LogP contribution in [0.4, 0.5) is 0 Å². The van der Waals surface area contributed by atoms with Crippen LogP contribution in [0.5, 0.6) is 0 Å². The minimum atomic E-state index is -0.112. The number of ketones is 1. The van der Waals surface area contributed by atoms with Crippen molar-refractivity contribution in [2.45, 2.75) is 52.0 Å². The van der Waals surface area contributed by atoms with Gasteiger partial charge < -0.3 is 14.3 Å². The zero-order chi connectivity index (χ0) is 22.0. The third kappa shape index (κ3) is 4.62. The van der Waals surface area contributed by atoms with Crippen molar-refractivity contribution >= 4 is 17.2 Å². The molecule has 31 heavy (non-hydrogen) atoms. The summed E-state index contributed by atoms with van der Waals surface area (Å²) in [6.45, 7) is 5.28. The number of rotatable bonds is 7. The lowest BCUT2D eigenvalue weighted by atomic mass is 9.90. The molecule has 4 rings (SSSR count). The van der Waals surface area contributed by atoms with Crippen molar-refractivity contribution in [2.75, 3.05) is 13.1 Å². The van der Waals surface area contributed by atoms with Gasteiger partial charge in [-0.25, -0.2) is 0 Å². The first kappa shape index (κ1) is 21.1. The molecule has 1 fully saturated rings. The summed E-state index contributed by atoms with van der Waals surface area (Å²) in [6, 6.07) is 3.84. The van der Waals surface area contributed by atoms with E-state index in [0.29, 0.717) is 56.3 Å². The number of piperidine rings is 1. The first-order chi connectivity index (χ1) is 14.9. The standard InChI is InChI=1S/C23H29N5O3/c1-16(2)28-14-18(13-24-28)22(30)17-8-11-26(12-9-17)21(29)7-3-5-19-15-27-10-4-6-20(27)23(31)25-19/h4,6,10,13-17H,3,5,7-9,11-12H2,1-2H3,(H,25,31). The molecule has 8 heteroatoms. The van der Waals surface area contributed by atoms with Gasteiger partial charge in [-0.1, -0.05) is 0 Å². The Labute approximate surface area is 180 Å². The van der Waals surface area contributed by atoms with Gasteiger partial charge in [-0.2, -0.15) is 5.10 Å². The van der Waals surface area contributed by atoms with Crippen LogP contribution >= 0.6 is 0 Å². The second-order valence-electron chi connectivity index (χ2n) is 8.58. The molecule has 8 nitrogen and oxygen atoms in total. The number of hydrogen-bond donors (Lipinski definition) is 1. The molecule has 0 radical (unpaired) electrons. The van der Waals surface area contributed by atoms with E-state index in [2.05, 4.69) is 10.1 Å². The predicted molar refractivity (Wildman–Crippen MR) is 117 cm³/mol. The van der Waals surface area contributed by atoms with Gasteiger partial charge in [0.1, 0.15) is 5.52 Å². The van der Waals surface area contributed by atoms with E-state index in [1.165, 1.54) is 0 Å². The molecule has 3 aromatic heterocycles. The summed E-state index contributed by atoms with van der Waals surface area (Å²) in [4.78, 5) is 42.1. The minimum Gasteiger partial charge on any atom is -0.343 e. The van der Waals surface area contributed by atoms with Crippen LogP contribution in [-0.2, 0) is 11.2 Å². The van der Waals surface area contributed by atoms with E-state index in [1.807, 2.05) is 47.8 Å². The number of aryl methyl sites for hydroxylation is 1. The fourth-order valence-electron chi connectivity index (χ4n) is 4.20. The number of nitrogens with one attached hydrogen (secondary N) is 1. The van der Waals surface area contributed by atoms with E-state index >= 15 is 0 Å². The highest BCUT2D eigenvalue weighted by Crippen LogP contribution is 2.23. The zero-order valence-electron chi connectivity index (χ0n) is 18.1. The maximum atomic E-state index is 12.8. The number of nitrogens with zero attached hydrogens (tertiary/aromatic N) is 4. The summed E-state index contributed by atoms with van der Waals surface area (Å²) in [7, 11) is 0. The summed E-state index contributed by atoms with van der Waals surface area (Å²) in [6.07, 6.45) is 10.3. The summed E-state index contributed by atoms with van der Waals surface area (Å²) in [5.41, 5.74) is 1.99. The highest BCUT2D eigenvalue weighted by molar-refractivity contribution is 5.97. The molecule has 4 heterocycles. The van der Waals surface area contributed by atoms with Gasteiger partial charge in [0.05, 0.1) is 11.8 Å². The van der Waals surface area contributed by atoms with Crippen molar-refractivity contribution in [1.82, 2.24) is 24.1 Å². The molecule has 0 bridgehead atoms. The van der Waals surface area contributed by atoms with Crippen molar-refractivity contribution in [3.63, 3.8) is 0 Å². The van der Waals surface area contributed by atoms with Gasteiger partial charge in [0, 0.05) is 55.8 Å². The van der Waals surface area contributed by atoms with Crippen LogP contribution < -0.4 is 5.56 Å². The lowest BCUT2D eigenvalue weighted by Gasteiger charge is -2.31. The molecule has 1 aliphatic rings. The maximum absolute atomic E-state index is 12.8. The van der Waals surface area contributed by atoms with Gasteiger partial charge in [-0.15, -0.1) is 0 Å². The Morgan fingerprint density at radius 3 is 2.71 bits per heavy atom. The topological polar surface area (TPSA) is 92.5 Å². The fraction of sp³-hybridized carbons (Fsp3) is 0.478. The van der Waals surface area contributed by atoms with Gasteiger partial charge in [0.2, 0.25) is 5.91 Å². The molecule has 0 aromatic carbocycles. The Bertz CT molecular complexity index is 1130. The molecule has 1 amide bonds. The molecule has 0 unspecified atom stereocenters. The second kappa shape index (κ2) is 8.91. The number of carbonyl (C=O) groups is 2. The Balaban J connectivity index is 1.25. The average Bonchev–Trinajstić information content (AvgIpc) is 3.43. The van der Waals surface area contributed by atoms with Crippen LogP contribution in [-0.4, -0.2) is 48.8 Å². The van der Waals surface area contributed by atoms with Crippen molar-refractivity contribution in [2.24, 2.45) is 5.92 Å². The van der Waals surface area contributed by atoms with Crippen molar-refractivity contribution < 1.29 is 9.59 Å². The molecule has 3 aromatic rings. The van der Waals surface area contributed by atoms with Gasteiger partial charge in [0.15, 0.2) is 5.78 Å². The normalized spacial score (nSPS) is 15.1. The van der Waals surface area contributed by atoms with Crippen LogP contribution in [0.2, 0.25) is 0 Å². The van der Waals surface area contributed by atoms with E-state index in [4.69, 9.17) is 0 Å². The van der Waals surface area contributed by atoms with Gasteiger partial charge in [-0.05, 0) is 51.7 Å². The molecule has 0 spiro atoms. The average molecular weight is 424 g/mol. The first-order valence-corrected chi connectivity index (χ1v) is 11.0. The number of H-pyrrole nitrogens is 1. The molecule has 1 aliphatic heterocycles. The van der Waals surface area contributed by atoms with Crippen LogP contribution in [0.25, 0.3) is 5.52 Å². The molecular formula is C23H29N5O3. The van der Waals surface area contributed by atoms with Gasteiger partial charge in [0.25, 0.3) is 5.56 Å². The molecule has 0 aliphatic carbocycles. The summed E-state index contributed by atoms with van der Waals surface area (Å²) in [5, 5.41) is 4.26. The molecule has 1 N–H and O–H groups in total. The Kier molecular flexibility index (Phi) is 6.06. The number of likely N-dealkylation sites (tertiary alicyclic amines) is 1. The van der Waals surface area contributed by atoms with E-state index in [0.717, 1.165) is 5.69 Å². The summed E-state index contributed by atoms with van der Waals surface area (Å²) < 4.78 is 3.61. The quantitative estimate of drug-likeness (QED) is 0.592. The Hall–Kier alpha value is -3.16. The number of fused-ring (bicyclic) bond motifs is 1. The number of aromatic amines is 1. The molecule has 0 atom stereocenters. The minimum absolute atomic E-state index is 0.0489. The predicted octanol–water partition coefficient (Wildman–Crippen LogP) is 2.85. The molecule has 164 valence electrons. The van der Waals surface area contributed by atoms with Crippen LogP contribution in [0.15, 0.2) is 41.7 Å². The Morgan fingerprint density at radius 2 is 2.00 bits per heavy atom. The number of amides is 1. The van der Waals surface area contributed by atoms with E-state index in [9.17, 15) is 14.4 Å². The van der Waals surface area contributed by atoms with Crippen molar-refractivity contribution in [1.29, 1.82) is 0 Å². The summed E-state index contributed by atoms with van der Waals surface area (Å²) in [5.74, 6) is 0.193. The number of Topliss-reactive ketones (excluding diaryl/α,β-unsaturated/α-hetero) is 1. The Morgan fingerprint density at radius 1 is 1.23 bits per heavy atom. The number of hydrogen-bond acceptors (Lipinski definition) is 4. The van der Waals surface area contributed by atoms with Gasteiger partial charge >= 0.3 is 0 Å². The monoisotopic (exact) mass is 423 g/mol. The molecular weight excluding hydrogens is 394 g/mol. The first-order valence-electron chi connectivity index (χ1n) is 11.0. The van der Waals surface area contributed by atoms with E-state index < -0.39 is 0 Å². The molecule has 1 saturated heterocycles. The van der Waals surface area contributed by atoms with Crippen LogP contribution in [0.3, 0.4) is 0 Å². The zero-order valence-corrected chi connectivity index (χ0v) is 18.1. The smallest absolute Gasteiger partial charge is 0.272 e. The van der Waals surface area contributed by atoms with Crippen LogP contribution in [0, 0.1) is 5.92 Å². The van der Waals surface area contributed by atoms with Crippen LogP contribution in [0.1, 0.15) is 61.6 Å². The third-order valence-electron chi connectivity index (χ3n) is 6.05. The molecule has 0 saturated carbocycles. The largest absolute Gasteiger partial charge is 0.343 e.